The molecule has 1 N–H and O–H groups in total. The first-order valence-corrected chi connectivity index (χ1v) is 7.75. The molecule has 0 radical (unpaired) electrons. The number of carbonyl (C=O) groups is 1. The van der Waals surface area contributed by atoms with E-state index in [2.05, 4.69) is 15.3 Å². The summed E-state index contributed by atoms with van der Waals surface area (Å²) < 4.78 is 0. The molecule has 2 heterocycles. The SMILES string of the molecule is O=C1N/C(=N\c2nccs2)S/C1=C\c1ccc([N+](=O)[O-])cc1. The van der Waals surface area contributed by atoms with E-state index >= 15 is 0 Å². The van der Waals surface area contributed by atoms with E-state index in [9.17, 15) is 14.9 Å². The van der Waals surface area contributed by atoms with Gasteiger partial charge in [-0.05, 0) is 35.5 Å². The van der Waals surface area contributed by atoms with Gasteiger partial charge in [-0.25, -0.2) is 4.98 Å². The number of amidine groups is 1. The maximum atomic E-state index is 11.9. The summed E-state index contributed by atoms with van der Waals surface area (Å²) in [4.78, 5) is 30.7. The Hall–Kier alpha value is -2.52. The van der Waals surface area contributed by atoms with Gasteiger partial charge in [-0.3, -0.25) is 14.9 Å². The zero-order valence-corrected chi connectivity index (χ0v) is 12.6. The van der Waals surface area contributed by atoms with Crippen molar-refractivity contribution < 1.29 is 9.72 Å². The fourth-order valence-electron chi connectivity index (χ4n) is 1.68. The van der Waals surface area contributed by atoms with Crippen molar-refractivity contribution in [3.63, 3.8) is 0 Å². The van der Waals surface area contributed by atoms with E-state index in [1.54, 1.807) is 29.8 Å². The van der Waals surface area contributed by atoms with Crippen LogP contribution in [-0.4, -0.2) is 21.0 Å². The molecule has 0 aliphatic carbocycles. The van der Waals surface area contributed by atoms with Crippen LogP contribution in [-0.2, 0) is 4.79 Å². The van der Waals surface area contributed by atoms with Crippen molar-refractivity contribution in [1.82, 2.24) is 10.3 Å². The van der Waals surface area contributed by atoms with Gasteiger partial charge in [0.25, 0.3) is 11.6 Å². The van der Waals surface area contributed by atoms with Crippen molar-refractivity contribution in [2.45, 2.75) is 0 Å². The van der Waals surface area contributed by atoms with E-state index < -0.39 is 4.92 Å². The van der Waals surface area contributed by atoms with Crippen LogP contribution in [0.3, 0.4) is 0 Å². The van der Waals surface area contributed by atoms with Gasteiger partial charge in [0.1, 0.15) is 0 Å². The summed E-state index contributed by atoms with van der Waals surface area (Å²) in [6.07, 6.45) is 3.30. The maximum absolute atomic E-state index is 11.9. The van der Waals surface area contributed by atoms with Crippen molar-refractivity contribution in [2.75, 3.05) is 0 Å². The van der Waals surface area contributed by atoms with E-state index in [1.165, 1.54) is 35.2 Å². The van der Waals surface area contributed by atoms with Gasteiger partial charge in [0.05, 0.1) is 9.83 Å². The predicted octanol–water partition coefficient (Wildman–Crippen LogP) is 2.94. The number of thiazole rings is 1. The molecule has 0 atom stereocenters. The number of amides is 1. The molecule has 0 spiro atoms. The van der Waals surface area contributed by atoms with Gasteiger partial charge in [-0.15, -0.1) is 11.3 Å². The van der Waals surface area contributed by atoms with E-state index in [1.807, 2.05) is 0 Å². The number of nitrogens with zero attached hydrogens (tertiary/aromatic N) is 3. The Morgan fingerprint density at radius 2 is 2.09 bits per heavy atom. The lowest BCUT2D eigenvalue weighted by atomic mass is 10.2. The Bertz CT molecular complexity index is 782. The standard InChI is InChI=1S/C13H8N4O3S2/c18-11-10(7-8-1-3-9(4-2-8)17(19)20)22-13(15-11)16-12-14-5-6-21-12/h1-7H,(H,14,15,16,18)/b10-7-. The second-order valence-corrected chi connectivity index (χ2v) is 6.05. The lowest BCUT2D eigenvalue weighted by molar-refractivity contribution is -0.384. The molecule has 1 aliphatic heterocycles. The van der Waals surface area contributed by atoms with Gasteiger partial charge in [0, 0.05) is 23.7 Å². The normalized spacial score (nSPS) is 17.9. The van der Waals surface area contributed by atoms with Crippen molar-refractivity contribution in [3.8, 4) is 0 Å². The molecule has 1 amide bonds. The molecule has 9 heteroatoms. The third kappa shape index (κ3) is 3.21. The number of nitro benzene ring substituents is 1. The smallest absolute Gasteiger partial charge is 0.269 e. The molecule has 1 aromatic heterocycles. The van der Waals surface area contributed by atoms with Crippen LogP contribution in [0.2, 0.25) is 0 Å². The molecule has 7 nitrogen and oxygen atoms in total. The zero-order valence-electron chi connectivity index (χ0n) is 10.9. The molecule has 0 bridgehead atoms. The Balaban J connectivity index is 1.80. The Morgan fingerprint density at radius 3 is 2.73 bits per heavy atom. The van der Waals surface area contributed by atoms with Crippen LogP contribution in [0.25, 0.3) is 6.08 Å². The molecule has 1 fully saturated rings. The van der Waals surface area contributed by atoms with Crippen molar-refractivity contribution in [1.29, 1.82) is 0 Å². The predicted molar refractivity (Wildman–Crippen MR) is 86.0 cm³/mol. The molecule has 3 rings (SSSR count). The lowest BCUT2D eigenvalue weighted by Gasteiger charge is -1.95. The van der Waals surface area contributed by atoms with Gasteiger partial charge >= 0.3 is 0 Å². The maximum Gasteiger partial charge on any atom is 0.269 e. The lowest BCUT2D eigenvalue weighted by Crippen LogP contribution is -2.19. The minimum Gasteiger partial charge on any atom is -0.300 e. The quantitative estimate of drug-likeness (QED) is 0.529. The van der Waals surface area contributed by atoms with Crippen LogP contribution in [0.4, 0.5) is 10.8 Å². The van der Waals surface area contributed by atoms with Crippen LogP contribution in [0.15, 0.2) is 45.7 Å². The van der Waals surface area contributed by atoms with Gasteiger partial charge in [0.2, 0.25) is 5.13 Å². The van der Waals surface area contributed by atoms with Crippen molar-refractivity contribution in [2.24, 2.45) is 4.99 Å². The van der Waals surface area contributed by atoms with Crippen LogP contribution in [0.1, 0.15) is 5.56 Å². The highest BCUT2D eigenvalue weighted by atomic mass is 32.2. The summed E-state index contributed by atoms with van der Waals surface area (Å²) in [6.45, 7) is 0. The summed E-state index contributed by atoms with van der Waals surface area (Å²) in [5.74, 6) is -0.251. The third-order valence-corrected chi connectivity index (χ3v) is 4.24. The first-order valence-electron chi connectivity index (χ1n) is 6.05. The van der Waals surface area contributed by atoms with Gasteiger partial charge < -0.3 is 5.32 Å². The van der Waals surface area contributed by atoms with E-state index in [-0.39, 0.29) is 11.6 Å². The number of hydrogen-bond acceptors (Lipinski definition) is 7. The number of benzene rings is 1. The average molecular weight is 332 g/mol. The summed E-state index contributed by atoms with van der Waals surface area (Å²) in [6, 6.07) is 5.98. The second-order valence-electron chi connectivity index (χ2n) is 4.15. The molecule has 2 aromatic rings. The third-order valence-electron chi connectivity index (χ3n) is 2.67. The number of hydrogen-bond donors (Lipinski definition) is 1. The number of carbonyl (C=O) groups excluding carboxylic acids is 1. The average Bonchev–Trinajstić information content (AvgIpc) is 3.11. The number of aromatic nitrogens is 1. The molecule has 1 saturated heterocycles. The van der Waals surface area contributed by atoms with Gasteiger partial charge in [-0.2, -0.15) is 4.99 Å². The number of non-ortho nitro benzene ring substituents is 1. The second kappa shape index (κ2) is 6.08. The molecule has 22 heavy (non-hydrogen) atoms. The molecule has 0 unspecified atom stereocenters. The molecular formula is C13H8N4O3S2. The molecule has 1 aliphatic rings. The fourth-order valence-corrected chi connectivity index (χ4v) is 3.07. The Morgan fingerprint density at radius 1 is 1.32 bits per heavy atom. The summed E-state index contributed by atoms with van der Waals surface area (Å²) >= 11 is 2.58. The van der Waals surface area contributed by atoms with Crippen molar-refractivity contribution in [3.05, 3.63) is 56.4 Å². The van der Waals surface area contributed by atoms with Crippen LogP contribution < -0.4 is 5.32 Å². The minimum absolute atomic E-state index is 0.0108. The first kappa shape index (κ1) is 14.4. The number of thioether (sulfide) groups is 1. The molecular weight excluding hydrogens is 324 g/mol. The molecule has 1 aromatic carbocycles. The summed E-state index contributed by atoms with van der Waals surface area (Å²) in [5, 5.41) is 16.1. The van der Waals surface area contributed by atoms with Crippen LogP contribution >= 0.6 is 23.1 Å². The molecule has 110 valence electrons. The molecule has 0 saturated carbocycles. The Kier molecular flexibility index (Phi) is 3.98. The number of nitro groups is 1. The minimum atomic E-state index is -0.466. The monoisotopic (exact) mass is 332 g/mol. The summed E-state index contributed by atoms with van der Waals surface area (Å²) in [7, 11) is 0. The summed E-state index contributed by atoms with van der Waals surface area (Å²) in [5.41, 5.74) is 0.718. The number of nitrogens with one attached hydrogen (secondary N) is 1. The largest absolute Gasteiger partial charge is 0.300 e. The highest BCUT2D eigenvalue weighted by Crippen LogP contribution is 2.28. The van der Waals surface area contributed by atoms with Crippen LogP contribution in [0.5, 0.6) is 0 Å². The number of aliphatic imine (C=N–C) groups is 1. The Labute approximate surface area is 132 Å². The fraction of sp³-hybridized carbons (Fsp3) is 0. The topological polar surface area (TPSA) is 97.5 Å². The van der Waals surface area contributed by atoms with E-state index in [0.717, 1.165) is 0 Å². The first-order chi connectivity index (χ1) is 10.6. The van der Waals surface area contributed by atoms with E-state index in [4.69, 9.17) is 0 Å². The highest BCUT2D eigenvalue weighted by molar-refractivity contribution is 8.18. The van der Waals surface area contributed by atoms with Gasteiger partial charge in [0.15, 0.2) is 5.17 Å². The van der Waals surface area contributed by atoms with Crippen molar-refractivity contribution >= 4 is 51.1 Å². The van der Waals surface area contributed by atoms with E-state index in [0.29, 0.717) is 20.8 Å². The number of rotatable bonds is 3. The highest BCUT2D eigenvalue weighted by Gasteiger charge is 2.24. The van der Waals surface area contributed by atoms with Crippen LogP contribution in [0, 0.1) is 10.1 Å². The zero-order chi connectivity index (χ0) is 15.5. The van der Waals surface area contributed by atoms with Gasteiger partial charge in [-0.1, -0.05) is 0 Å².